The smallest absolute Gasteiger partial charge is 0.342 e. The van der Waals surface area contributed by atoms with Crippen molar-refractivity contribution in [1.29, 1.82) is 10.8 Å². The molecule has 0 fully saturated rings. The van der Waals surface area contributed by atoms with Crippen LogP contribution in [0.2, 0.25) is 0 Å². The summed E-state index contributed by atoms with van der Waals surface area (Å²) in [5, 5.41) is 29.3. The zero-order valence-electron chi connectivity index (χ0n) is 21.9. The van der Waals surface area contributed by atoms with E-state index in [4.69, 9.17) is 57.8 Å². The van der Waals surface area contributed by atoms with Gasteiger partial charge in [0.15, 0.2) is 0 Å². The van der Waals surface area contributed by atoms with Crippen molar-refractivity contribution in [2.45, 2.75) is 79.3 Å². The molecule has 19 heteroatoms. The van der Waals surface area contributed by atoms with E-state index < -0.39 is 20.5 Å². The molecule has 0 rings (SSSR count). The van der Waals surface area contributed by atoms with Gasteiger partial charge < -0.3 is 20.3 Å². The molecule has 4 N–H and O–H groups in total. The van der Waals surface area contributed by atoms with Gasteiger partial charge in [-0.2, -0.15) is 0 Å². The molecule has 0 saturated carbocycles. The number of hydrogen-bond acceptors (Lipinski definition) is 16. The fraction of sp³-hybridized carbons (Fsp3) is 0.778. The predicted molar refractivity (Wildman–Crippen MR) is 109 cm³/mol. The van der Waals surface area contributed by atoms with Gasteiger partial charge in [0.05, 0.1) is 11.4 Å². The normalized spacial score (nSPS) is 12.8. The Kier molecular flexibility index (Phi) is 23.2. The van der Waals surface area contributed by atoms with Gasteiger partial charge in [0.2, 0.25) is 11.8 Å². The molecule has 0 saturated heterocycles. The monoisotopic (exact) mass is 624 g/mol. The van der Waals surface area contributed by atoms with Crippen LogP contribution in [0.1, 0.15) is 68.2 Å². The van der Waals surface area contributed by atoms with Gasteiger partial charge in [-0.05, 0) is 41.5 Å². The predicted octanol–water partition coefficient (Wildman–Crippen LogP) is -6.23. The van der Waals surface area contributed by atoms with Crippen LogP contribution in [0.4, 0.5) is 0 Å². The van der Waals surface area contributed by atoms with Crippen LogP contribution in [-0.2, 0) is 26.2 Å². The van der Waals surface area contributed by atoms with E-state index in [1.54, 1.807) is 13.8 Å². The summed E-state index contributed by atoms with van der Waals surface area (Å²) >= 11 is 0. The standard InChI is InChI=1S/C18H36N6O2.2ClHO4.Ni/c1-13(23-25-15(3)19)11-17(5,6)21-9-10-22-18(7,8)12-14(2)24-26-16(4)20;2*2-1(3,4)5;/h19-22H,9-12H2,1-8H3;2*(H,2,3,4,5);/q;;;+2/p-2/b19-15?,20-16?,23-13+,24-14+;;;. The first-order valence-electron chi connectivity index (χ1n) is 10.1. The van der Waals surface area contributed by atoms with Crippen LogP contribution >= 0.6 is 0 Å². The van der Waals surface area contributed by atoms with Crippen LogP contribution < -0.4 is 47.9 Å². The third-order valence-electron chi connectivity index (χ3n) is 3.40. The van der Waals surface area contributed by atoms with Gasteiger partial charge in [-0.25, -0.2) is 37.3 Å². The topological polar surface area (TPSA) is 299 Å². The maximum atomic E-state index is 8.49. The quantitative estimate of drug-likeness (QED) is 0.0548. The van der Waals surface area contributed by atoms with Crippen LogP contribution in [0.5, 0.6) is 0 Å². The fourth-order valence-electron chi connectivity index (χ4n) is 2.56. The second kappa shape index (κ2) is 19.9. The van der Waals surface area contributed by atoms with Crippen LogP contribution in [0.25, 0.3) is 0 Å². The van der Waals surface area contributed by atoms with E-state index in [9.17, 15) is 0 Å². The molecule has 0 atom stereocenters. The summed E-state index contributed by atoms with van der Waals surface area (Å²) in [6, 6.07) is 0. The summed E-state index contributed by atoms with van der Waals surface area (Å²) in [6.45, 7) is 17.0. The fourth-order valence-corrected chi connectivity index (χ4v) is 2.56. The minimum Gasteiger partial charge on any atom is -0.342 e. The van der Waals surface area contributed by atoms with E-state index in [1.807, 2.05) is 13.8 Å². The second-order valence-electron chi connectivity index (χ2n) is 8.68. The molecule has 0 spiro atoms. The molecule has 37 heavy (non-hydrogen) atoms. The van der Waals surface area contributed by atoms with Crippen LogP contribution in [-0.4, -0.2) is 47.4 Å². The van der Waals surface area contributed by atoms with Crippen molar-refractivity contribution in [1.82, 2.24) is 10.6 Å². The minimum absolute atomic E-state index is 0. The third-order valence-corrected chi connectivity index (χ3v) is 3.40. The van der Waals surface area contributed by atoms with E-state index in [-0.39, 0.29) is 39.4 Å². The Morgan fingerprint density at radius 2 is 0.865 bits per heavy atom. The minimum atomic E-state index is -4.94. The molecule has 0 aromatic rings. The number of rotatable bonds is 11. The van der Waals surface area contributed by atoms with E-state index in [0.29, 0.717) is 0 Å². The van der Waals surface area contributed by atoms with Crippen molar-refractivity contribution in [3.05, 3.63) is 0 Å². The zero-order valence-corrected chi connectivity index (χ0v) is 24.4. The molecular weight excluding hydrogens is 590 g/mol. The molecule has 0 amide bonds. The van der Waals surface area contributed by atoms with Crippen molar-refractivity contribution in [3.63, 3.8) is 0 Å². The average molecular weight is 626 g/mol. The molecular formula is C18H36Cl2N6NiO10. The maximum Gasteiger partial charge on any atom is 2.00 e. The summed E-state index contributed by atoms with van der Waals surface area (Å²) in [7, 11) is -9.89. The summed E-state index contributed by atoms with van der Waals surface area (Å²) in [5.41, 5.74) is 1.45. The van der Waals surface area contributed by atoms with Crippen molar-refractivity contribution >= 4 is 23.2 Å². The Labute approximate surface area is 231 Å². The Morgan fingerprint density at radius 1 is 0.649 bits per heavy atom. The number of halogens is 2. The van der Waals surface area contributed by atoms with Gasteiger partial charge in [-0.1, -0.05) is 10.3 Å². The molecule has 0 aromatic carbocycles. The van der Waals surface area contributed by atoms with Crippen molar-refractivity contribution in [2.24, 2.45) is 10.3 Å². The van der Waals surface area contributed by atoms with Crippen LogP contribution in [0, 0.1) is 31.3 Å². The summed E-state index contributed by atoms with van der Waals surface area (Å²) < 4.78 is 67.9. The molecule has 0 aliphatic rings. The molecule has 0 aliphatic heterocycles. The van der Waals surface area contributed by atoms with Gasteiger partial charge in [-0.3, -0.25) is 10.8 Å². The van der Waals surface area contributed by atoms with Gasteiger partial charge in [0.1, 0.15) is 0 Å². The molecule has 0 heterocycles. The van der Waals surface area contributed by atoms with Crippen molar-refractivity contribution in [3.8, 4) is 0 Å². The Hall–Kier alpha value is -1.05. The second-order valence-corrected chi connectivity index (χ2v) is 10.2. The first-order chi connectivity index (χ1) is 15.8. The van der Waals surface area contributed by atoms with Gasteiger partial charge >= 0.3 is 16.5 Å². The SMILES string of the molecule is CC(=N)O/N=C(\C)CC(C)(C)NCCNC(C)(C)C/C(C)=N/OC(C)=N.[Ni+2].[O-][Cl+3]([O-])([O-])[O-].[O-][Cl+3]([O-])([O-])[O-]. The number of hydrogen-bond donors (Lipinski definition) is 4. The number of nitrogens with zero attached hydrogens (tertiary/aromatic N) is 2. The molecule has 0 bridgehead atoms. The Morgan fingerprint density at radius 3 is 1.05 bits per heavy atom. The van der Waals surface area contributed by atoms with Gasteiger partial charge in [-0.15, -0.1) is 20.5 Å². The summed E-state index contributed by atoms with van der Waals surface area (Å²) in [4.78, 5) is 9.78. The number of nitrogens with one attached hydrogen (secondary N) is 4. The van der Waals surface area contributed by atoms with Crippen LogP contribution in [0.15, 0.2) is 10.3 Å². The molecule has 16 nitrogen and oxygen atoms in total. The third kappa shape index (κ3) is 48.6. The molecule has 0 aliphatic carbocycles. The van der Waals surface area contributed by atoms with E-state index in [1.165, 1.54) is 0 Å². The first-order valence-corrected chi connectivity index (χ1v) is 12.5. The van der Waals surface area contributed by atoms with Crippen molar-refractivity contribution < 1.29 is 83.9 Å². The van der Waals surface area contributed by atoms with Crippen molar-refractivity contribution in [2.75, 3.05) is 13.1 Å². The van der Waals surface area contributed by atoms with Crippen LogP contribution in [0.3, 0.4) is 0 Å². The van der Waals surface area contributed by atoms with E-state index >= 15 is 0 Å². The van der Waals surface area contributed by atoms with E-state index in [0.717, 1.165) is 37.4 Å². The zero-order chi connectivity index (χ0) is 29.4. The van der Waals surface area contributed by atoms with Gasteiger partial charge in [0, 0.05) is 50.9 Å². The largest absolute Gasteiger partial charge is 2.00 e. The Bertz CT molecular complexity index is 657. The maximum absolute atomic E-state index is 8.49. The summed E-state index contributed by atoms with van der Waals surface area (Å²) in [5.74, 6) is 0.170. The number of oxime groups is 2. The van der Waals surface area contributed by atoms with E-state index in [2.05, 4.69) is 48.6 Å². The molecule has 0 unspecified atom stereocenters. The molecule has 0 radical (unpaired) electrons. The average Bonchev–Trinajstić information content (AvgIpc) is 2.58. The molecule has 222 valence electrons. The van der Waals surface area contributed by atoms with Gasteiger partial charge in [0.25, 0.3) is 0 Å². The summed E-state index contributed by atoms with van der Waals surface area (Å²) in [6.07, 6.45) is 1.46. The first kappa shape index (κ1) is 43.0. The molecule has 0 aromatic heterocycles. The Balaban J connectivity index is -0.000000416.